The van der Waals surface area contributed by atoms with Crippen molar-refractivity contribution >= 4 is 5.69 Å². The molecule has 1 aliphatic rings. The van der Waals surface area contributed by atoms with Crippen LogP contribution in [0.2, 0.25) is 0 Å². The molecule has 0 aromatic heterocycles. The Morgan fingerprint density at radius 2 is 2.06 bits per heavy atom. The molecule has 0 fully saturated rings. The summed E-state index contributed by atoms with van der Waals surface area (Å²) in [5, 5.41) is 3.33. The standard InChI is InChI=1S/C13H17NO2/c1-10(2)5-6-14-11-3-4-12-13(9-11)16-8-7-15-12/h3-4,9,14H,1,5-8H2,2H3. The Kier molecular flexibility index (Phi) is 3.34. The van der Waals surface area contributed by atoms with Crippen LogP contribution in [0.5, 0.6) is 11.5 Å². The highest BCUT2D eigenvalue weighted by atomic mass is 16.6. The average Bonchev–Trinajstić information content (AvgIpc) is 2.28. The lowest BCUT2D eigenvalue weighted by Crippen LogP contribution is -2.15. The van der Waals surface area contributed by atoms with Gasteiger partial charge >= 0.3 is 0 Å². The third kappa shape index (κ3) is 2.69. The van der Waals surface area contributed by atoms with Gasteiger partial charge in [-0.15, -0.1) is 6.58 Å². The van der Waals surface area contributed by atoms with E-state index in [0.29, 0.717) is 13.2 Å². The summed E-state index contributed by atoms with van der Waals surface area (Å²) in [5.41, 5.74) is 2.25. The molecule has 0 amide bonds. The second-order valence-corrected chi connectivity index (χ2v) is 3.99. The lowest BCUT2D eigenvalue weighted by Gasteiger charge is -2.19. The second-order valence-electron chi connectivity index (χ2n) is 3.99. The summed E-state index contributed by atoms with van der Waals surface area (Å²) in [6.07, 6.45) is 0.981. The van der Waals surface area contributed by atoms with Crippen molar-refractivity contribution in [3.63, 3.8) is 0 Å². The topological polar surface area (TPSA) is 30.5 Å². The van der Waals surface area contributed by atoms with Gasteiger partial charge in [-0.1, -0.05) is 5.57 Å². The summed E-state index contributed by atoms with van der Waals surface area (Å²) in [7, 11) is 0. The molecule has 0 atom stereocenters. The molecule has 1 aliphatic heterocycles. The average molecular weight is 219 g/mol. The van der Waals surface area contributed by atoms with Gasteiger partial charge < -0.3 is 14.8 Å². The van der Waals surface area contributed by atoms with Gasteiger partial charge in [-0.2, -0.15) is 0 Å². The molecule has 0 saturated carbocycles. The zero-order chi connectivity index (χ0) is 11.4. The minimum atomic E-state index is 0.627. The minimum Gasteiger partial charge on any atom is -0.486 e. The summed E-state index contributed by atoms with van der Waals surface area (Å²) in [5.74, 6) is 1.66. The largest absolute Gasteiger partial charge is 0.486 e. The van der Waals surface area contributed by atoms with E-state index in [4.69, 9.17) is 9.47 Å². The SMILES string of the molecule is C=C(C)CCNc1ccc2c(c1)OCCO2. The predicted molar refractivity (Wildman–Crippen MR) is 65.4 cm³/mol. The van der Waals surface area contributed by atoms with Gasteiger partial charge in [0.25, 0.3) is 0 Å². The number of benzene rings is 1. The molecule has 1 heterocycles. The van der Waals surface area contributed by atoms with Crippen molar-refractivity contribution in [2.24, 2.45) is 0 Å². The Labute approximate surface area is 96.1 Å². The Bertz CT molecular complexity index is 388. The molecule has 86 valence electrons. The highest BCUT2D eigenvalue weighted by Gasteiger charge is 2.11. The third-order valence-corrected chi connectivity index (χ3v) is 2.42. The Morgan fingerprint density at radius 1 is 1.31 bits per heavy atom. The van der Waals surface area contributed by atoms with E-state index in [-0.39, 0.29) is 0 Å². The van der Waals surface area contributed by atoms with Gasteiger partial charge in [-0.05, 0) is 25.5 Å². The molecule has 16 heavy (non-hydrogen) atoms. The first-order valence-electron chi connectivity index (χ1n) is 5.53. The quantitative estimate of drug-likeness (QED) is 0.790. The fourth-order valence-electron chi connectivity index (χ4n) is 1.57. The van der Waals surface area contributed by atoms with Gasteiger partial charge in [0.1, 0.15) is 13.2 Å². The Morgan fingerprint density at radius 3 is 2.81 bits per heavy atom. The Hall–Kier alpha value is -1.64. The number of hydrogen-bond donors (Lipinski definition) is 1. The number of nitrogens with one attached hydrogen (secondary N) is 1. The van der Waals surface area contributed by atoms with Gasteiger partial charge in [-0.25, -0.2) is 0 Å². The van der Waals surface area contributed by atoms with Crippen molar-refractivity contribution < 1.29 is 9.47 Å². The molecule has 1 N–H and O–H groups in total. The molecule has 0 spiro atoms. The molecule has 1 aromatic carbocycles. The molecule has 0 aliphatic carbocycles. The number of ether oxygens (including phenoxy) is 2. The maximum atomic E-state index is 5.51. The van der Waals surface area contributed by atoms with Crippen LogP contribution < -0.4 is 14.8 Å². The number of hydrogen-bond acceptors (Lipinski definition) is 3. The maximum Gasteiger partial charge on any atom is 0.163 e. The van der Waals surface area contributed by atoms with Crippen molar-refractivity contribution in [3.05, 3.63) is 30.4 Å². The smallest absolute Gasteiger partial charge is 0.163 e. The van der Waals surface area contributed by atoms with Crippen LogP contribution in [0, 0.1) is 0 Å². The lowest BCUT2D eigenvalue weighted by molar-refractivity contribution is 0.171. The fourth-order valence-corrected chi connectivity index (χ4v) is 1.57. The van der Waals surface area contributed by atoms with Crippen molar-refractivity contribution in [1.82, 2.24) is 0 Å². The van der Waals surface area contributed by atoms with Gasteiger partial charge in [0.05, 0.1) is 0 Å². The molecule has 0 bridgehead atoms. The van der Waals surface area contributed by atoms with E-state index in [1.54, 1.807) is 0 Å². The van der Waals surface area contributed by atoms with Crippen molar-refractivity contribution in [1.29, 1.82) is 0 Å². The van der Waals surface area contributed by atoms with E-state index in [2.05, 4.69) is 11.9 Å². The summed E-state index contributed by atoms with van der Waals surface area (Å²) in [4.78, 5) is 0. The molecule has 3 heteroatoms. The van der Waals surface area contributed by atoms with E-state index in [1.807, 2.05) is 25.1 Å². The maximum absolute atomic E-state index is 5.51. The number of anilines is 1. The first-order chi connectivity index (χ1) is 7.75. The normalized spacial score (nSPS) is 13.3. The monoisotopic (exact) mass is 219 g/mol. The summed E-state index contributed by atoms with van der Waals surface area (Å²) in [6.45, 7) is 8.06. The Balaban J connectivity index is 1.97. The fraction of sp³-hybridized carbons (Fsp3) is 0.385. The van der Waals surface area contributed by atoms with E-state index in [9.17, 15) is 0 Å². The van der Waals surface area contributed by atoms with Gasteiger partial charge in [-0.3, -0.25) is 0 Å². The van der Waals surface area contributed by atoms with Crippen molar-refractivity contribution in [3.8, 4) is 11.5 Å². The van der Waals surface area contributed by atoms with Crippen LogP contribution in [0.4, 0.5) is 5.69 Å². The zero-order valence-electron chi connectivity index (χ0n) is 9.58. The van der Waals surface area contributed by atoms with Gasteiger partial charge in [0.15, 0.2) is 11.5 Å². The molecular formula is C13H17NO2. The zero-order valence-corrected chi connectivity index (χ0v) is 9.58. The molecule has 3 nitrogen and oxygen atoms in total. The van der Waals surface area contributed by atoms with E-state index in [0.717, 1.165) is 30.2 Å². The summed E-state index contributed by atoms with van der Waals surface area (Å²) in [6, 6.07) is 5.93. The molecule has 2 rings (SSSR count). The number of rotatable bonds is 4. The first kappa shape index (κ1) is 10.9. The van der Waals surface area contributed by atoms with E-state index < -0.39 is 0 Å². The van der Waals surface area contributed by atoms with Crippen LogP contribution in [0.25, 0.3) is 0 Å². The van der Waals surface area contributed by atoms with Crippen LogP contribution >= 0.6 is 0 Å². The first-order valence-corrected chi connectivity index (χ1v) is 5.53. The molecular weight excluding hydrogens is 202 g/mol. The molecule has 0 radical (unpaired) electrons. The number of fused-ring (bicyclic) bond motifs is 1. The molecule has 1 aromatic rings. The molecule has 0 saturated heterocycles. The van der Waals surface area contributed by atoms with Crippen molar-refractivity contribution in [2.45, 2.75) is 13.3 Å². The van der Waals surface area contributed by atoms with Crippen LogP contribution in [-0.2, 0) is 0 Å². The second kappa shape index (κ2) is 4.92. The highest BCUT2D eigenvalue weighted by Crippen LogP contribution is 2.32. The van der Waals surface area contributed by atoms with Gasteiger partial charge in [0.2, 0.25) is 0 Å². The minimum absolute atomic E-state index is 0.627. The van der Waals surface area contributed by atoms with Crippen LogP contribution in [0.1, 0.15) is 13.3 Å². The summed E-state index contributed by atoms with van der Waals surface area (Å²) < 4.78 is 11.0. The summed E-state index contributed by atoms with van der Waals surface area (Å²) >= 11 is 0. The lowest BCUT2D eigenvalue weighted by atomic mass is 10.2. The molecule has 0 unspecified atom stereocenters. The van der Waals surface area contributed by atoms with Crippen LogP contribution in [-0.4, -0.2) is 19.8 Å². The van der Waals surface area contributed by atoms with Crippen molar-refractivity contribution in [2.75, 3.05) is 25.1 Å². The van der Waals surface area contributed by atoms with E-state index >= 15 is 0 Å². The predicted octanol–water partition coefficient (Wildman–Crippen LogP) is 2.84. The third-order valence-electron chi connectivity index (χ3n) is 2.42. The van der Waals surface area contributed by atoms with E-state index in [1.165, 1.54) is 5.57 Å². The van der Waals surface area contributed by atoms with Crippen LogP contribution in [0.3, 0.4) is 0 Å². The van der Waals surface area contributed by atoms with Gasteiger partial charge in [0, 0.05) is 18.3 Å². The van der Waals surface area contributed by atoms with Crippen LogP contribution in [0.15, 0.2) is 30.4 Å². The highest BCUT2D eigenvalue weighted by molar-refractivity contribution is 5.55.